The van der Waals surface area contributed by atoms with Crippen molar-refractivity contribution in [3.63, 3.8) is 0 Å². The van der Waals surface area contributed by atoms with Crippen LogP contribution >= 0.6 is 11.6 Å². The molecule has 0 saturated heterocycles. The zero-order valence-corrected chi connectivity index (χ0v) is 9.73. The Balaban J connectivity index is 3.07. The van der Waals surface area contributed by atoms with Crippen molar-refractivity contribution in [1.82, 2.24) is 4.98 Å². The van der Waals surface area contributed by atoms with E-state index in [0.717, 1.165) is 6.42 Å². The van der Waals surface area contributed by atoms with E-state index in [-0.39, 0.29) is 10.8 Å². The molecule has 1 aromatic heterocycles. The van der Waals surface area contributed by atoms with E-state index in [1.165, 1.54) is 12.1 Å². The van der Waals surface area contributed by atoms with Gasteiger partial charge < -0.3 is 4.90 Å². The standard InChI is InChI=1S/C10H12ClF3N2/c1-3-6-16(2)8-5-4-7(11)9(15-8)10(12,13)14/h4-5H,3,6H2,1-2H3. The summed E-state index contributed by atoms with van der Waals surface area (Å²) in [5, 5.41) is -0.374. The van der Waals surface area contributed by atoms with Gasteiger partial charge in [0, 0.05) is 13.6 Å². The van der Waals surface area contributed by atoms with Crippen molar-refractivity contribution in [3.05, 3.63) is 22.8 Å². The molecule has 0 aliphatic rings. The molecule has 1 rings (SSSR count). The highest BCUT2D eigenvalue weighted by Gasteiger charge is 2.35. The normalized spacial score (nSPS) is 11.6. The summed E-state index contributed by atoms with van der Waals surface area (Å²) in [5.41, 5.74) is -1.03. The second kappa shape index (κ2) is 4.91. The van der Waals surface area contributed by atoms with E-state index >= 15 is 0 Å². The molecule has 0 fully saturated rings. The lowest BCUT2D eigenvalue weighted by Gasteiger charge is -2.18. The van der Waals surface area contributed by atoms with E-state index in [2.05, 4.69) is 4.98 Å². The van der Waals surface area contributed by atoms with Crippen LogP contribution in [-0.4, -0.2) is 18.6 Å². The van der Waals surface area contributed by atoms with Crippen LogP contribution in [0.2, 0.25) is 5.02 Å². The maximum absolute atomic E-state index is 12.5. The molecule has 0 saturated carbocycles. The van der Waals surface area contributed by atoms with Crippen molar-refractivity contribution in [3.8, 4) is 0 Å². The minimum atomic E-state index is -4.51. The van der Waals surface area contributed by atoms with Gasteiger partial charge in [0.15, 0.2) is 5.69 Å². The first-order valence-corrected chi connectivity index (χ1v) is 5.19. The van der Waals surface area contributed by atoms with Crippen LogP contribution in [0.5, 0.6) is 0 Å². The minimum absolute atomic E-state index is 0.276. The van der Waals surface area contributed by atoms with E-state index in [9.17, 15) is 13.2 Å². The molecule has 0 aliphatic carbocycles. The average Bonchev–Trinajstić information content (AvgIpc) is 2.16. The maximum Gasteiger partial charge on any atom is 0.434 e. The third-order valence-corrected chi connectivity index (χ3v) is 2.35. The van der Waals surface area contributed by atoms with Crippen LogP contribution in [0.3, 0.4) is 0 Å². The fraction of sp³-hybridized carbons (Fsp3) is 0.500. The van der Waals surface area contributed by atoms with Gasteiger partial charge in [-0.05, 0) is 18.6 Å². The van der Waals surface area contributed by atoms with Crippen LogP contribution in [0.1, 0.15) is 19.0 Å². The van der Waals surface area contributed by atoms with E-state index in [0.29, 0.717) is 6.54 Å². The molecule has 1 heterocycles. The van der Waals surface area contributed by atoms with Crippen LogP contribution in [-0.2, 0) is 6.18 Å². The van der Waals surface area contributed by atoms with Gasteiger partial charge in [0.05, 0.1) is 5.02 Å². The summed E-state index contributed by atoms with van der Waals surface area (Å²) in [4.78, 5) is 5.19. The Labute approximate surface area is 97.0 Å². The largest absolute Gasteiger partial charge is 0.434 e. The average molecular weight is 253 g/mol. The van der Waals surface area contributed by atoms with Crippen LogP contribution in [0.25, 0.3) is 0 Å². The molecule has 0 aromatic carbocycles. The molecule has 0 amide bonds. The Morgan fingerprint density at radius 2 is 2.00 bits per heavy atom. The fourth-order valence-electron chi connectivity index (χ4n) is 1.29. The molecular weight excluding hydrogens is 241 g/mol. The Hall–Kier alpha value is -0.970. The molecule has 2 nitrogen and oxygen atoms in total. The number of nitrogens with zero attached hydrogens (tertiary/aromatic N) is 2. The molecule has 90 valence electrons. The van der Waals surface area contributed by atoms with Gasteiger partial charge in [-0.2, -0.15) is 13.2 Å². The number of aromatic nitrogens is 1. The van der Waals surface area contributed by atoms with Crippen molar-refractivity contribution < 1.29 is 13.2 Å². The highest BCUT2D eigenvalue weighted by Crippen LogP contribution is 2.34. The van der Waals surface area contributed by atoms with Gasteiger partial charge in [0.25, 0.3) is 0 Å². The lowest BCUT2D eigenvalue weighted by atomic mass is 10.3. The van der Waals surface area contributed by atoms with Gasteiger partial charge in [0.1, 0.15) is 5.82 Å². The Kier molecular flexibility index (Phi) is 4.02. The van der Waals surface area contributed by atoms with Crippen LogP contribution in [0.15, 0.2) is 12.1 Å². The highest BCUT2D eigenvalue weighted by molar-refractivity contribution is 6.31. The zero-order valence-electron chi connectivity index (χ0n) is 8.98. The lowest BCUT2D eigenvalue weighted by Crippen LogP contribution is -2.20. The zero-order chi connectivity index (χ0) is 12.3. The quantitative estimate of drug-likeness (QED) is 0.817. The number of hydrogen-bond donors (Lipinski definition) is 0. The second-order valence-electron chi connectivity index (χ2n) is 3.42. The van der Waals surface area contributed by atoms with Gasteiger partial charge >= 0.3 is 6.18 Å². The Morgan fingerprint density at radius 3 is 2.50 bits per heavy atom. The number of pyridine rings is 1. The number of alkyl halides is 3. The van der Waals surface area contributed by atoms with Crippen molar-refractivity contribution in [2.75, 3.05) is 18.5 Å². The number of rotatable bonds is 3. The smallest absolute Gasteiger partial charge is 0.360 e. The van der Waals surface area contributed by atoms with Gasteiger partial charge in [0.2, 0.25) is 0 Å². The number of halogens is 4. The van der Waals surface area contributed by atoms with Crippen molar-refractivity contribution in [2.24, 2.45) is 0 Å². The number of hydrogen-bond acceptors (Lipinski definition) is 2. The SMILES string of the molecule is CCCN(C)c1ccc(Cl)c(C(F)(F)F)n1. The van der Waals surface area contributed by atoms with Crippen molar-refractivity contribution in [2.45, 2.75) is 19.5 Å². The summed E-state index contributed by atoms with van der Waals surface area (Å²) >= 11 is 5.46. The van der Waals surface area contributed by atoms with E-state index in [4.69, 9.17) is 11.6 Å². The summed E-state index contributed by atoms with van der Waals surface area (Å²) in [5.74, 6) is 0.276. The number of anilines is 1. The molecule has 0 bridgehead atoms. The molecule has 6 heteroatoms. The predicted octanol–water partition coefficient (Wildman–Crippen LogP) is 3.60. The molecule has 1 aromatic rings. The summed E-state index contributed by atoms with van der Waals surface area (Å²) in [7, 11) is 1.69. The third kappa shape index (κ3) is 3.01. The van der Waals surface area contributed by atoms with Gasteiger partial charge in [-0.3, -0.25) is 0 Å². The first kappa shape index (κ1) is 13.1. The van der Waals surface area contributed by atoms with Crippen molar-refractivity contribution >= 4 is 17.4 Å². The molecule has 0 atom stereocenters. The summed E-state index contributed by atoms with van der Waals surface area (Å²) in [6.45, 7) is 2.59. The molecule has 0 unspecified atom stereocenters. The summed E-state index contributed by atoms with van der Waals surface area (Å²) < 4.78 is 37.5. The fourth-order valence-corrected chi connectivity index (χ4v) is 1.51. The molecular formula is C10H12ClF3N2. The topological polar surface area (TPSA) is 16.1 Å². The van der Waals surface area contributed by atoms with Crippen LogP contribution in [0.4, 0.5) is 19.0 Å². The lowest BCUT2D eigenvalue weighted by molar-refractivity contribution is -0.141. The molecule has 0 N–H and O–H groups in total. The molecule has 0 radical (unpaired) electrons. The first-order chi connectivity index (χ1) is 7.36. The van der Waals surface area contributed by atoms with Crippen LogP contribution < -0.4 is 4.90 Å². The summed E-state index contributed by atoms with van der Waals surface area (Å²) in [6.07, 6.45) is -3.68. The van der Waals surface area contributed by atoms with E-state index in [1.54, 1.807) is 11.9 Å². The monoisotopic (exact) mass is 252 g/mol. The van der Waals surface area contributed by atoms with Crippen molar-refractivity contribution in [1.29, 1.82) is 0 Å². The maximum atomic E-state index is 12.5. The van der Waals surface area contributed by atoms with Gasteiger partial charge in [-0.25, -0.2) is 4.98 Å². The molecule has 0 spiro atoms. The summed E-state index contributed by atoms with van der Waals surface area (Å²) in [6, 6.07) is 2.70. The Bertz CT molecular complexity index is 366. The third-order valence-electron chi connectivity index (χ3n) is 2.05. The van der Waals surface area contributed by atoms with Gasteiger partial charge in [-0.15, -0.1) is 0 Å². The molecule has 0 aliphatic heterocycles. The molecule has 16 heavy (non-hydrogen) atoms. The highest BCUT2D eigenvalue weighted by atomic mass is 35.5. The predicted molar refractivity (Wildman–Crippen MR) is 57.8 cm³/mol. The van der Waals surface area contributed by atoms with Crippen LogP contribution in [0, 0.1) is 0 Å². The first-order valence-electron chi connectivity index (χ1n) is 4.81. The minimum Gasteiger partial charge on any atom is -0.360 e. The van der Waals surface area contributed by atoms with Gasteiger partial charge in [-0.1, -0.05) is 18.5 Å². The Morgan fingerprint density at radius 1 is 1.38 bits per heavy atom. The second-order valence-corrected chi connectivity index (χ2v) is 3.83. The van der Waals surface area contributed by atoms with E-state index in [1.807, 2.05) is 6.92 Å². The van der Waals surface area contributed by atoms with E-state index < -0.39 is 11.9 Å².